The maximum absolute atomic E-state index is 13.7. The summed E-state index contributed by atoms with van der Waals surface area (Å²) in [6.07, 6.45) is 6.84. The van der Waals surface area contributed by atoms with Gasteiger partial charge in [-0.15, -0.1) is 0 Å². The molecule has 0 N–H and O–H groups in total. The quantitative estimate of drug-likeness (QED) is 0.339. The molecule has 1 atom stereocenters. The number of carbonyl (C=O) groups excluding carboxylic acids is 1. The van der Waals surface area contributed by atoms with Gasteiger partial charge in [0.2, 0.25) is 11.8 Å². The van der Waals surface area contributed by atoms with Crippen LogP contribution < -0.4 is 4.74 Å². The molecule has 1 aromatic heterocycles. The number of carbonyl (C=O) groups is 1. The minimum absolute atomic E-state index is 0.0590. The molecular weight excluding hydrogens is 469 g/mol. The fraction of sp³-hybridized carbons (Fsp3) is 0.467. The van der Waals surface area contributed by atoms with Crippen LogP contribution in [0.3, 0.4) is 0 Å². The van der Waals surface area contributed by atoms with Gasteiger partial charge < -0.3 is 14.4 Å². The molecule has 3 aromatic rings. The van der Waals surface area contributed by atoms with Crippen molar-refractivity contribution in [3.63, 3.8) is 0 Å². The second-order valence-corrected chi connectivity index (χ2v) is 10.2. The lowest BCUT2D eigenvalue weighted by atomic mass is 10.0. The molecule has 1 saturated heterocycles. The highest BCUT2D eigenvalue weighted by Gasteiger charge is 2.32. The molecule has 0 radical (unpaired) electrons. The van der Waals surface area contributed by atoms with Gasteiger partial charge in [0.25, 0.3) is 0 Å². The van der Waals surface area contributed by atoms with Crippen molar-refractivity contribution in [1.82, 2.24) is 14.7 Å². The van der Waals surface area contributed by atoms with E-state index in [1.54, 1.807) is 16.8 Å². The normalized spacial score (nSPS) is 17.9. The third kappa shape index (κ3) is 5.87. The summed E-state index contributed by atoms with van der Waals surface area (Å²) in [6.45, 7) is 5.80. The Bertz CT molecular complexity index is 1210. The van der Waals surface area contributed by atoms with Crippen molar-refractivity contribution in [2.75, 3.05) is 13.2 Å². The summed E-state index contributed by atoms with van der Waals surface area (Å²) in [6, 6.07) is 14.1. The Kier molecular flexibility index (Phi) is 7.89. The molecule has 5 rings (SSSR count). The van der Waals surface area contributed by atoms with Crippen molar-refractivity contribution < 1.29 is 18.7 Å². The van der Waals surface area contributed by atoms with Gasteiger partial charge in [-0.1, -0.05) is 31.9 Å². The molecule has 0 bridgehead atoms. The van der Waals surface area contributed by atoms with Crippen molar-refractivity contribution in [3.8, 4) is 17.3 Å². The smallest absolute Gasteiger partial charge is 0.227 e. The predicted octanol–water partition coefficient (Wildman–Crippen LogP) is 6.37. The van der Waals surface area contributed by atoms with E-state index < -0.39 is 0 Å². The molecule has 2 fully saturated rings. The summed E-state index contributed by atoms with van der Waals surface area (Å²) in [7, 11) is 0. The molecule has 7 heteroatoms. The Balaban J connectivity index is 1.55. The molecule has 1 amide bonds. The zero-order valence-corrected chi connectivity index (χ0v) is 21.8. The van der Waals surface area contributed by atoms with Crippen molar-refractivity contribution in [3.05, 3.63) is 71.2 Å². The number of amides is 1. The van der Waals surface area contributed by atoms with Crippen LogP contribution in [0.2, 0.25) is 0 Å². The molecule has 1 saturated carbocycles. The van der Waals surface area contributed by atoms with Gasteiger partial charge in [0.1, 0.15) is 11.6 Å². The minimum atomic E-state index is -0.308. The van der Waals surface area contributed by atoms with Gasteiger partial charge in [-0.2, -0.15) is 5.10 Å². The number of hydrogen-bond donors (Lipinski definition) is 0. The third-order valence-electron chi connectivity index (χ3n) is 7.44. The SMILES string of the molecule is CCc1nn(-c2ccc(F)cc2)c(Oc2cccc(C)c2)c1CN(CC1CCCO1)C(=O)C1CCCC1. The predicted molar refractivity (Wildman–Crippen MR) is 141 cm³/mol. The van der Waals surface area contributed by atoms with Crippen LogP contribution in [0, 0.1) is 18.7 Å². The van der Waals surface area contributed by atoms with Crippen LogP contribution >= 0.6 is 0 Å². The molecule has 2 aliphatic rings. The third-order valence-corrected chi connectivity index (χ3v) is 7.44. The van der Waals surface area contributed by atoms with Gasteiger partial charge in [0.05, 0.1) is 29.6 Å². The first-order chi connectivity index (χ1) is 18.0. The van der Waals surface area contributed by atoms with Gasteiger partial charge in [-0.3, -0.25) is 4.79 Å². The van der Waals surface area contributed by atoms with E-state index >= 15 is 0 Å². The molecule has 0 spiro atoms. The van der Waals surface area contributed by atoms with E-state index in [9.17, 15) is 9.18 Å². The molecule has 196 valence electrons. The maximum atomic E-state index is 13.7. The number of rotatable bonds is 9. The fourth-order valence-electron chi connectivity index (χ4n) is 5.46. The van der Waals surface area contributed by atoms with E-state index in [1.165, 1.54) is 12.1 Å². The second kappa shape index (κ2) is 11.5. The number of benzene rings is 2. The van der Waals surface area contributed by atoms with Gasteiger partial charge in [0.15, 0.2) is 0 Å². The average Bonchev–Trinajstić information content (AvgIpc) is 3.67. The minimum Gasteiger partial charge on any atom is -0.439 e. The lowest BCUT2D eigenvalue weighted by molar-refractivity contribution is -0.137. The highest BCUT2D eigenvalue weighted by atomic mass is 19.1. The summed E-state index contributed by atoms with van der Waals surface area (Å²) < 4.78 is 27.9. The van der Waals surface area contributed by atoms with Crippen LogP contribution in [0.5, 0.6) is 11.6 Å². The standard InChI is InChI=1S/C30H36FN3O3/c1-3-28-27(20-33(19-26-12-7-17-36-26)29(35)22-9-4-5-10-22)30(37-25-11-6-8-21(2)18-25)34(32-28)24-15-13-23(31)14-16-24/h6,8,11,13-16,18,22,26H,3-5,7,9-10,12,17,19-20H2,1-2H3. The maximum Gasteiger partial charge on any atom is 0.227 e. The Morgan fingerprint density at radius 1 is 1.14 bits per heavy atom. The van der Waals surface area contributed by atoms with Crippen LogP contribution in [-0.2, 0) is 22.5 Å². The molecule has 2 aromatic carbocycles. The monoisotopic (exact) mass is 505 g/mol. The molecule has 1 aliphatic heterocycles. The topological polar surface area (TPSA) is 56.6 Å². The highest BCUT2D eigenvalue weighted by Crippen LogP contribution is 2.34. The molecular formula is C30H36FN3O3. The van der Waals surface area contributed by atoms with Gasteiger partial charge >= 0.3 is 0 Å². The molecule has 6 nitrogen and oxygen atoms in total. The Morgan fingerprint density at radius 3 is 2.59 bits per heavy atom. The van der Waals surface area contributed by atoms with Gasteiger partial charge in [-0.25, -0.2) is 9.07 Å². The summed E-state index contributed by atoms with van der Waals surface area (Å²) in [5.74, 6) is 1.22. The van der Waals surface area contributed by atoms with E-state index in [0.717, 1.165) is 62.0 Å². The number of aryl methyl sites for hydroxylation is 2. The van der Waals surface area contributed by atoms with Crippen LogP contribution in [0.1, 0.15) is 62.3 Å². The van der Waals surface area contributed by atoms with Crippen LogP contribution in [0.15, 0.2) is 48.5 Å². The second-order valence-electron chi connectivity index (χ2n) is 10.2. The summed E-state index contributed by atoms with van der Waals surface area (Å²) in [5.41, 5.74) is 3.54. The average molecular weight is 506 g/mol. The highest BCUT2D eigenvalue weighted by molar-refractivity contribution is 5.79. The number of halogens is 1. The van der Waals surface area contributed by atoms with E-state index in [4.69, 9.17) is 14.6 Å². The van der Waals surface area contributed by atoms with Gasteiger partial charge in [0, 0.05) is 19.1 Å². The van der Waals surface area contributed by atoms with Crippen molar-refractivity contribution in [2.24, 2.45) is 5.92 Å². The van der Waals surface area contributed by atoms with Crippen molar-refractivity contribution in [2.45, 2.75) is 71.4 Å². The zero-order valence-electron chi connectivity index (χ0n) is 21.8. The number of hydrogen-bond acceptors (Lipinski definition) is 4. The molecule has 37 heavy (non-hydrogen) atoms. The van der Waals surface area contributed by atoms with E-state index in [-0.39, 0.29) is 23.7 Å². The van der Waals surface area contributed by atoms with E-state index in [2.05, 4.69) is 6.92 Å². The Hall–Kier alpha value is -3.19. The number of aromatic nitrogens is 2. The van der Waals surface area contributed by atoms with E-state index in [0.29, 0.717) is 36.8 Å². The number of ether oxygens (including phenoxy) is 2. The van der Waals surface area contributed by atoms with Crippen molar-refractivity contribution in [1.29, 1.82) is 0 Å². The molecule has 1 unspecified atom stereocenters. The molecule has 2 heterocycles. The fourth-order valence-corrected chi connectivity index (χ4v) is 5.46. The first-order valence-corrected chi connectivity index (χ1v) is 13.5. The van der Waals surface area contributed by atoms with Gasteiger partial charge in [-0.05, 0) is 81.0 Å². The summed E-state index contributed by atoms with van der Waals surface area (Å²) in [5, 5.41) is 4.89. The van der Waals surface area contributed by atoms with Crippen LogP contribution in [0.4, 0.5) is 4.39 Å². The van der Waals surface area contributed by atoms with Crippen LogP contribution in [-0.4, -0.2) is 39.8 Å². The Labute approximate surface area is 218 Å². The van der Waals surface area contributed by atoms with Crippen LogP contribution in [0.25, 0.3) is 5.69 Å². The lowest BCUT2D eigenvalue weighted by Gasteiger charge is -2.28. The zero-order chi connectivity index (χ0) is 25.8. The number of nitrogens with zero attached hydrogens (tertiary/aromatic N) is 3. The van der Waals surface area contributed by atoms with Crippen molar-refractivity contribution >= 4 is 5.91 Å². The Morgan fingerprint density at radius 2 is 1.92 bits per heavy atom. The molecule has 1 aliphatic carbocycles. The lowest BCUT2D eigenvalue weighted by Crippen LogP contribution is -2.40. The summed E-state index contributed by atoms with van der Waals surface area (Å²) >= 11 is 0. The first-order valence-electron chi connectivity index (χ1n) is 13.5. The van der Waals surface area contributed by atoms with E-state index in [1.807, 2.05) is 36.1 Å². The first kappa shape index (κ1) is 25.5. The largest absolute Gasteiger partial charge is 0.439 e. The summed E-state index contributed by atoms with van der Waals surface area (Å²) in [4.78, 5) is 15.7.